The van der Waals surface area contributed by atoms with Gasteiger partial charge >= 0.3 is 20.4 Å². The minimum atomic E-state index is -0.556. The van der Waals surface area contributed by atoms with Crippen molar-refractivity contribution < 1.29 is 29.9 Å². The predicted octanol–water partition coefficient (Wildman–Crippen LogP) is 8.73. The van der Waals surface area contributed by atoms with Crippen LogP contribution in [0.3, 0.4) is 0 Å². The molecule has 0 aliphatic carbocycles. The van der Waals surface area contributed by atoms with Gasteiger partial charge in [0.1, 0.15) is 5.75 Å². The second-order valence-electron chi connectivity index (χ2n) is 10.5. The van der Waals surface area contributed by atoms with Crippen LogP contribution in [0.1, 0.15) is 25.0 Å². The topological polar surface area (TPSA) is 60.4 Å². The maximum Gasteiger partial charge on any atom is 2.00 e. The number of hydrogen-bond donors (Lipinski definition) is 0. The Bertz CT molecular complexity index is 1780. The number of hydrogen-bond acceptors (Lipinski definition) is 6. The van der Waals surface area contributed by atoms with Crippen molar-refractivity contribution in [3.63, 3.8) is 0 Å². The number of pyridine rings is 3. The Morgan fingerprint density at radius 2 is 1.39 bits per heavy atom. The normalized spacial score (nSPS) is 10.9. The van der Waals surface area contributed by atoms with E-state index in [1.165, 1.54) is 0 Å². The van der Waals surface area contributed by atoms with Crippen LogP contribution in [0.15, 0.2) is 128 Å². The Morgan fingerprint density at radius 3 is 2.05 bits per heavy atom. The van der Waals surface area contributed by atoms with E-state index in [1.54, 1.807) is 25.7 Å². The van der Waals surface area contributed by atoms with Crippen molar-refractivity contribution in [3.05, 3.63) is 151 Å². The summed E-state index contributed by atoms with van der Waals surface area (Å²) in [5, 5.41) is 0. The molecule has 0 unspecified atom stereocenters. The summed E-state index contributed by atoms with van der Waals surface area (Å²) in [5.41, 5.74) is 5.71. The van der Waals surface area contributed by atoms with E-state index in [0.717, 1.165) is 45.2 Å². The van der Waals surface area contributed by atoms with Crippen LogP contribution in [-0.2, 0) is 25.8 Å². The first-order chi connectivity index (χ1) is 21.0. The number of anilines is 3. The van der Waals surface area contributed by atoms with Crippen LogP contribution in [0.5, 0.6) is 17.4 Å². The predicted molar refractivity (Wildman–Crippen MR) is 169 cm³/mol. The van der Waals surface area contributed by atoms with Gasteiger partial charge in [-0.3, -0.25) is 0 Å². The van der Waals surface area contributed by atoms with Gasteiger partial charge in [0, 0.05) is 35.6 Å². The van der Waals surface area contributed by atoms with E-state index < -0.39 is 5.41 Å². The van der Waals surface area contributed by atoms with Gasteiger partial charge in [-0.2, -0.15) is 0 Å². The van der Waals surface area contributed by atoms with Crippen LogP contribution in [0.4, 0.5) is 17.1 Å². The van der Waals surface area contributed by atoms with Crippen molar-refractivity contribution in [2.45, 2.75) is 19.3 Å². The number of nitrogens with zero attached hydrogens (tertiary/aromatic N) is 4. The molecule has 0 fully saturated rings. The molecule has 7 heteroatoms. The average molecular weight is 669 g/mol. The number of rotatable bonds is 9. The summed E-state index contributed by atoms with van der Waals surface area (Å²) in [7, 11) is 1.64. The van der Waals surface area contributed by atoms with Gasteiger partial charge in [0.25, 0.3) is 0 Å². The SMILES string of the molecule is COc1ccnc(-c2[c-]c(C(C)(C)c3[c-]c(Oc4ccccn4)cc(N(c4ccccc4)c4ccccc4)c3)cnc2)c1.[Pd+2]. The standard InChI is InChI=1S/C37H30N4O2.Pd/c1-37(2,29-20-27(25-38-26-29)35-24-33(42-3)17-19-39-35)28-21-32(23-34(22-28)43-36-16-10-11-18-40-36)41(30-12-6-4-7-13-30)31-14-8-5-9-15-31;/h4-19,21,23-26H,1-3H3;/q-2;+2. The molecule has 0 saturated heterocycles. The third-order valence-corrected chi connectivity index (χ3v) is 7.23. The van der Waals surface area contributed by atoms with Gasteiger partial charge in [0.2, 0.25) is 5.88 Å². The third-order valence-electron chi connectivity index (χ3n) is 7.23. The first-order valence-electron chi connectivity index (χ1n) is 14.0. The second-order valence-corrected chi connectivity index (χ2v) is 10.5. The third kappa shape index (κ3) is 6.70. The van der Waals surface area contributed by atoms with Gasteiger partial charge in [0.05, 0.1) is 7.11 Å². The molecule has 0 atom stereocenters. The fourth-order valence-corrected chi connectivity index (χ4v) is 4.85. The van der Waals surface area contributed by atoms with Crippen molar-refractivity contribution in [1.29, 1.82) is 0 Å². The van der Waals surface area contributed by atoms with Gasteiger partial charge in [0.15, 0.2) is 0 Å². The van der Waals surface area contributed by atoms with Gasteiger partial charge in [-0.15, -0.1) is 41.0 Å². The molecule has 0 amide bonds. The monoisotopic (exact) mass is 668 g/mol. The Kier molecular flexibility index (Phi) is 9.50. The van der Waals surface area contributed by atoms with E-state index in [-0.39, 0.29) is 20.4 Å². The summed E-state index contributed by atoms with van der Waals surface area (Å²) in [5.74, 6) is 1.77. The van der Waals surface area contributed by atoms with Gasteiger partial charge in [-0.25, -0.2) is 4.98 Å². The molecule has 220 valence electrons. The van der Waals surface area contributed by atoms with E-state index in [4.69, 9.17) is 9.47 Å². The van der Waals surface area contributed by atoms with E-state index >= 15 is 0 Å². The molecule has 0 aliphatic heterocycles. The van der Waals surface area contributed by atoms with E-state index in [0.29, 0.717) is 11.6 Å². The number of para-hydroxylation sites is 2. The molecule has 0 radical (unpaired) electrons. The number of methoxy groups -OCH3 is 1. The molecule has 44 heavy (non-hydrogen) atoms. The largest absolute Gasteiger partial charge is 2.00 e. The van der Waals surface area contributed by atoms with E-state index in [1.807, 2.05) is 79.0 Å². The Morgan fingerprint density at radius 1 is 0.682 bits per heavy atom. The van der Waals surface area contributed by atoms with Crippen LogP contribution < -0.4 is 14.4 Å². The van der Waals surface area contributed by atoms with E-state index in [9.17, 15) is 0 Å². The summed E-state index contributed by atoms with van der Waals surface area (Å²) < 4.78 is 11.7. The van der Waals surface area contributed by atoms with Crippen molar-refractivity contribution in [2.24, 2.45) is 0 Å². The Balaban J connectivity index is 0.00000384. The molecule has 0 bridgehead atoms. The Labute approximate surface area is 272 Å². The molecule has 0 N–H and O–H groups in total. The maximum atomic E-state index is 6.29. The number of ether oxygens (including phenoxy) is 2. The van der Waals surface area contributed by atoms with Crippen LogP contribution in [0.2, 0.25) is 0 Å². The molecule has 0 aliphatic rings. The Hall–Kier alpha value is -4.83. The van der Waals surface area contributed by atoms with Crippen LogP contribution in [0.25, 0.3) is 11.3 Å². The molecule has 3 heterocycles. The van der Waals surface area contributed by atoms with Crippen LogP contribution in [-0.4, -0.2) is 22.1 Å². The quantitative estimate of drug-likeness (QED) is 0.113. The zero-order valence-electron chi connectivity index (χ0n) is 24.5. The van der Waals surface area contributed by atoms with Crippen LogP contribution >= 0.6 is 0 Å². The molecule has 6 rings (SSSR count). The summed E-state index contributed by atoms with van der Waals surface area (Å²) in [4.78, 5) is 15.7. The molecule has 0 spiro atoms. The first kappa shape index (κ1) is 30.6. The molecular weight excluding hydrogens is 639 g/mol. The molecule has 3 aromatic carbocycles. The van der Waals surface area contributed by atoms with Crippen molar-refractivity contribution in [1.82, 2.24) is 15.0 Å². The summed E-state index contributed by atoms with van der Waals surface area (Å²) >= 11 is 0. The second kappa shape index (κ2) is 13.6. The molecule has 3 aromatic heterocycles. The van der Waals surface area contributed by atoms with Gasteiger partial charge < -0.3 is 24.3 Å². The fraction of sp³-hybridized carbons (Fsp3) is 0.108. The van der Waals surface area contributed by atoms with E-state index in [2.05, 4.69) is 76.2 Å². The zero-order valence-corrected chi connectivity index (χ0v) is 26.1. The first-order valence-corrected chi connectivity index (χ1v) is 14.0. The number of benzene rings is 3. The summed E-state index contributed by atoms with van der Waals surface area (Å²) in [6.07, 6.45) is 7.04. The van der Waals surface area contributed by atoms with Gasteiger partial charge in [-0.1, -0.05) is 74.4 Å². The van der Waals surface area contributed by atoms with Crippen molar-refractivity contribution >= 4 is 17.1 Å². The molecular formula is C37H30N4O2Pd. The minimum Gasteiger partial charge on any atom is -0.497 e. The maximum absolute atomic E-state index is 6.29. The molecule has 6 aromatic rings. The average Bonchev–Trinajstić information content (AvgIpc) is 3.06. The van der Waals surface area contributed by atoms with Gasteiger partial charge in [-0.05, 0) is 53.6 Å². The van der Waals surface area contributed by atoms with Crippen molar-refractivity contribution in [2.75, 3.05) is 12.0 Å². The van der Waals surface area contributed by atoms with Crippen LogP contribution in [0, 0.1) is 12.1 Å². The molecule has 6 nitrogen and oxygen atoms in total. The minimum absolute atomic E-state index is 0. The zero-order chi connectivity index (χ0) is 29.6. The summed E-state index contributed by atoms with van der Waals surface area (Å²) in [6.45, 7) is 4.28. The summed E-state index contributed by atoms with van der Waals surface area (Å²) in [6, 6.07) is 41.1. The fourth-order valence-electron chi connectivity index (χ4n) is 4.85. The van der Waals surface area contributed by atoms with Crippen molar-refractivity contribution in [3.8, 4) is 28.6 Å². The smallest absolute Gasteiger partial charge is 0.497 e. The number of aromatic nitrogens is 3. The molecule has 0 saturated carbocycles.